The molecule has 2 heterocycles. The first-order valence-corrected chi connectivity index (χ1v) is 6.65. The number of hydrogen-bond acceptors (Lipinski definition) is 6. The highest BCUT2D eigenvalue weighted by molar-refractivity contribution is 7.91. The van der Waals surface area contributed by atoms with Gasteiger partial charge in [0.1, 0.15) is 9.84 Å². The SMILES string of the molecule is NCc1nnc(C2CCS(=O)(=O)CC2)o1. The van der Waals surface area contributed by atoms with Gasteiger partial charge in [-0.3, -0.25) is 0 Å². The molecule has 0 unspecified atom stereocenters. The third-order valence-electron chi connectivity index (χ3n) is 2.56. The van der Waals surface area contributed by atoms with Crippen LogP contribution in [0.5, 0.6) is 0 Å². The first-order valence-electron chi connectivity index (χ1n) is 4.83. The van der Waals surface area contributed by atoms with Gasteiger partial charge in [-0.15, -0.1) is 10.2 Å². The minimum atomic E-state index is -2.84. The van der Waals surface area contributed by atoms with Crippen LogP contribution in [0.25, 0.3) is 0 Å². The van der Waals surface area contributed by atoms with Crippen LogP contribution in [0.2, 0.25) is 0 Å². The Balaban J connectivity index is 2.07. The molecule has 1 aliphatic heterocycles. The van der Waals surface area contributed by atoms with Gasteiger partial charge < -0.3 is 10.2 Å². The molecule has 6 nitrogen and oxygen atoms in total. The van der Waals surface area contributed by atoms with Crippen molar-refractivity contribution in [2.24, 2.45) is 5.73 Å². The maximum atomic E-state index is 11.2. The molecule has 0 amide bonds. The standard InChI is InChI=1S/C8H13N3O3S/c9-5-7-10-11-8(14-7)6-1-3-15(12,13)4-2-6/h6H,1-5,9H2. The van der Waals surface area contributed by atoms with Crippen LogP contribution >= 0.6 is 0 Å². The lowest BCUT2D eigenvalue weighted by Gasteiger charge is -2.18. The molecule has 1 saturated heterocycles. The largest absolute Gasteiger partial charge is 0.424 e. The number of rotatable bonds is 2. The topological polar surface area (TPSA) is 99.1 Å². The molecule has 0 atom stereocenters. The first kappa shape index (κ1) is 10.6. The van der Waals surface area contributed by atoms with Crippen LogP contribution < -0.4 is 5.73 Å². The summed E-state index contributed by atoms with van der Waals surface area (Å²) in [5, 5.41) is 7.62. The molecule has 0 spiro atoms. The molecule has 2 N–H and O–H groups in total. The van der Waals surface area contributed by atoms with Crippen molar-refractivity contribution in [3.63, 3.8) is 0 Å². The summed E-state index contributed by atoms with van der Waals surface area (Å²) in [6, 6.07) is 0. The lowest BCUT2D eigenvalue weighted by molar-refractivity contribution is 0.399. The predicted molar refractivity (Wildman–Crippen MR) is 52.8 cm³/mol. The Kier molecular flexibility index (Phi) is 2.74. The fraction of sp³-hybridized carbons (Fsp3) is 0.750. The maximum absolute atomic E-state index is 11.2. The molecule has 0 bridgehead atoms. The van der Waals surface area contributed by atoms with Gasteiger partial charge in [-0.1, -0.05) is 0 Å². The van der Waals surface area contributed by atoms with Crippen LogP contribution in [-0.4, -0.2) is 30.1 Å². The van der Waals surface area contributed by atoms with Crippen molar-refractivity contribution in [2.75, 3.05) is 11.5 Å². The Morgan fingerprint density at radius 1 is 1.33 bits per heavy atom. The van der Waals surface area contributed by atoms with Gasteiger partial charge in [0.05, 0.1) is 18.1 Å². The second-order valence-electron chi connectivity index (χ2n) is 3.66. The smallest absolute Gasteiger partial charge is 0.230 e. The second-order valence-corrected chi connectivity index (χ2v) is 5.97. The van der Waals surface area contributed by atoms with E-state index in [2.05, 4.69) is 10.2 Å². The van der Waals surface area contributed by atoms with Gasteiger partial charge in [-0.25, -0.2) is 8.42 Å². The van der Waals surface area contributed by atoms with Crippen molar-refractivity contribution in [1.29, 1.82) is 0 Å². The zero-order chi connectivity index (χ0) is 10.9. The number of nitrogens with zero attached hydrogens (tertiary/aromatic N) is 2. The zero-order valence-corrected chi connectivity index (χ0v) is 9.03. The van der Waals surface area contributed by atoms with E-state index in [-0.39, 0.29) is 24.0 Å². The Morgan fingerprint density at radius 3 is 2.53 bits per heavy atom. The summed E-state index contributed by atoms with van der Waals surface area (Å²) in [4.78, 5) is 0. The van der Waals surface area contributed by atoms with Gasteiger partial charge in [0, 0.05) is 5.92 Å². The molecule has 2 rings (SSSR count). The molecule has 0 aliphatic carbocycles. The highest BCUT2D eigenvalue weighted by atomic mass is 32.2. The third kappa shape index (κ3) is 2.35. The summed E-state index contributed by atoms with van der Waals surface area (Å²) in [6.07, 6.45) is 1.13. The molecule has 0 saturated carbocycles. The van der Waals surface area contributed by atoms with Crippen molar-refractivity contribution in [3.05, 3.63) is 11.8 Å². The van der Waals surface area contributed by atoms with E-state index >= 15 is 0 Å². The van der Waals surface area contributed by atoms with Crippen LogP contribution in [0, 0.1) is 0 Å². The van der Waals surface area contributed by atoms with E-state index in [1.54, 1.807) is 0 Å². The van der Waals surface area contributed by atoms with Gasteiger partial charge in [-0.2, -0.15) is 0 Å². The van der Waals surface area contributed by atoms with Crippen molar-refractivity contribution in [2.45, 2.75) is 25.3 Å². The summed E-state index contributed by atoms with van der Waals surface area (Å²) in [7, 11) is -2.84. The van der Waals surface area contributed by atoms with E-state index in [4.69, 9.17) is 10.2 Å². The number of aromatic nitrogens is 2. The average Bonchev–Trinajstić information content (AvgIpc) is 2.66. The minimum absolute atomic E-state index is 0.0707. The van der Waals surface area contributed by atoms with Gasteiger partial charge >= 0.3 is 0 Å². The number of nitrogens with two attached hydrogens (primary N) is 1. The van der Waals surface area contributed by atoms with Crippen molar-refractivity contribution in [1.82, 2.24) is 10.2 Å². The molecule has 1 fully saturated rings. The number of hydrogen-bond donors (Lipinski definition) is 1. The van der Waals surface area contributed by atoms with E-state index < -0.39 is 9.84 Å². The Hall–Kier alpha value is -0.950. The normalized spacial score (nSPS) is 21.7. The highest BCUT2D eigenvalue weighted by Gasteiger charge is 2.28. The Morgan fingerprint density at radius 2 is 2.00 bits per heavy atom. The molecular weight excluding hydrogens is 218 g/mol. The minimum Gasteiger partial charge on any atom is -0.424 e. The van der Waals surface area contributed by atoms with E-state index in [0.717, 1.165) is 0 Å². The summed E-state index contributed by atoms with van der Waals surface area (Å²) >= 11 is 0. The summed E-state index contributed by atoms with van der Waals surface area (Å²) in [6.45, 7) is 0.220. The predicted octanol–water partition coefficient (Wildman–Crippen LogP) is -0.180. The van der Waals surface area contributed by atoms with E-state index in [9.17, 15) is 8.42 Å². The molecule has 1 aliphatic rings. The Bertz CT molecular complexity index is 426. The molecular formula is C8H13N3O3S. The fourth-order valence-corrected chi connectivity index (χ4v) is 3.14. The molecule has 0 radical (unpaired) electrons. The summed E-state index contributed by atoms with van der Waals surface area (Å²) < 4.78 is 27.7. The lowest BCUT2D eigenvalue weighted by atomic mass is 10.0. The van der Waals surface area contributed by atoms with E-state index in [1.165, 1.54) is 0 Å². The van der Waals surface area contributed by atoms with Crippen LogP contribution in [0.15, 0.2) is 4.42 Å². The van der Waals surface area contributed by atoms with Crippen LogP contribution in [0.4, 0.5) is 0 Å². The van der Waals surface area contributed by atoms with E-state index in [0.29, 0.717) is 24.6 Å². The van der Waals surface area contributed by atoms with Crippen LogP contribution in [-0.2, 0) is 16.4 Å². The van der Waals surface area contributed by atoms with Crippen LogP contribution in [0.3, 0.4) is 0 Å². The van der Waals surface area contributed by atoms with Crippen molar-refractivity contribution in [3.8, 4) is 0 Å². The molecule has 84 valence electrons. The first-order chi connectivity index (χ1) is 7.11. The maximum Gasteiger partial charge on any atom is 0.230 e. The monoisotopic (exact) mass is 231 g/mol. The van der Waals surface area contributed by atoms with Crippen molar-refractivity contribution < 1.29 is 12.8 Å². The quantitative estimate of drug-likeness (QED) is 0.758. The van der Waals surface area contributed by atoms with Gasteiger partial charge in [0.15, 0.2) is 0 Å². The molecule has 7 heteroatoms. The van der Waals surface area contributed by atoms with Gasteiger partial charge in [-0.05, 0) is 12.8 Å². The van der Waals surface area contributed by atoms with Gasteiger partial charge in [0.25, 0.3) is 0 Å². The number of sulfone groups is 1. The molecule has 0 aromatic carbocycles. The lowest BCUT2D eigenvalue weighted by Crippen LogP contribution is -2.22. The van der Waals surface area contributed by atoms with Crippen LogP contribution in [0.1, 0.15) is 30.5 Å². The molecule has 15 heavy (non-hydrogen) atoms. The highest BCUT2D eigenvalue weighted by Crippen LogP contribution is 2.27. The third-order valence-corrected chi connectivity index (χ3v) is 4.28. The summed E-state index contributed by atoms with van der Waals surface area (Å²) in [5.41, 5.74) is 5.34. The zero-order valence-electron chi connectivity index (χ0n) is 8.22. The average molecular weight is 231 g/mol. The van der Waals surface area contributed by atoms with Crippen molar-refractivity contribution >= 4 is 9.84 Å². The fourth-order valence-electron chi connectivity index (χ4n) is 1.65. The Labute approximate surface area is 87.8 Å². The van der Waals surface area contributed by atoms with Gasteiger partial charge in [0.2, 0.25) is 11.8 Å². The summed E-state index contributed by atoms with van der Waals surface area (Å²) in [5.74, 6) is 1.40. The molecule has 1 aromatic heterocycles. The molecule has 1 aromatic rings. The second kappa shape index (κ2) is 3.90. The van der Waals surface area contributed by atoms with E-state index in [1.807, 2.05) is 0 Å².